The summed E-state index contributed by atoms with van der Waals surface area (Å²) in [6.07, 6.45) is 1.59. The van der Waals surface area contributed by atoms with Gasteiger partial charge in [-0.3, -0.25) is 4.79 Å². The van der Waals surface area contributed by atoms with Crippen LogP contribution >= 0.6 is 27.7 Å². The Kier molecular flexibility index (Phi) is 7.53. The molecule has 0 aliphatic heterocycles. The molecule has 162 valence electrons. The van der Waals surface area contributed by atoms with E-state index in [0.717, 1.165) is 26.9 Å². The number of hydrogen-bond acceptors (Lipinski definition) is 8. The number of amides is 1. The molecule has 0 saturated carbocycles. The molecule has 0 radical (unpaired) electrons. The molecule has 1 aromatic heterocycles. The number of nitrogen functional groups attached to an aromatic ring is 1. The lowest BCUT2D eigenvalue weighted by Gasteiger charge is -2.09. The first-order chi connectivity index (χ1) is 14.9. The number of benzene rings is 2. The third-order valence-corrected chi connectivity index (χ3v) is 5.65. The third-order valence-electron chi connectivity index (χ3n) is 4.21. The van der Waals surface area contributed by atoms with Crippen LogP contribution in [0.4, 0.5) is 11.6 Å². The average molecular weight is 504 g/mol. The topological polar surface area (TPSA) is 119 Å². The monoisotopic (exact) mass is 503 g/mol. The van der Waals surface area contributed by atoms with E-state index < -0.39 is 0 Å². The summed E-state index contributed by atoms with van der Waals surface area (Å²) in [5.41, 5.74) is 6.44. The second-order valence-corrected chi connectivity index (χ2v) is 8.45. The predicted molar refractivity (Wildman–Crippen MR) is 127 cm³/mol. The van der Waals surface area contributed by atoms with Gasteiger partial charge in [-0.1, -0.05) is 45.4 Å². The molecule has 0 fully saturated rings. The molecule has 11 heteroatoms. The predicted octanol–water partition coefficient (Wildman–Crippen LogP) is 3.56. The van der Waals surface area contributed by atoms with Crippen LogP contribution in [0, 0.1) is 13.8 Å². The molecular weight excluding hydrogens is 482 g/mol. The maximum atomic E-state index is 12.3. The zero-order valence-electron chi connectivity index (χ0n) is 17.2. The van der Waals surface area contributed by atoms with E-state index in [4.69, 9.17) is 10.6 Å². The molecule has 0 unspecified atom stereocenters. The molecule has 0 spiro atoms. The highest BCUT2D eigenvalue weighted by Crippen LogP contribution is 2.22. The number of hydrazone groups is 1. The third kappa shape index (κ3) is 5.98. The number of carbonyl (C=O) groups is 1. The van der Waals surface area contributed by atoms with E-state index in [0.29, 0.717) is 10.9 Å². The number of halogens is 1. The van der Waals surface area contributed by atoms with Crippen molar-refractivity contribution < 1.29 is 9.53 Å². The van der Waals surface area contributed by atoms with Crippen LogP contribution < -0.4 is 21.3 Å². The summed E-state index contributed by atoms with van der Waals surface area (Å²) in [4.78, 5) is 12.3. The van der Waals surface area contributed by atoms with Crippen molar-refractivity contribution in [1.29, 1.82) is 0 Å². The molecule has 1 amide bonds. The van der Waals surface area contributed by atoms with Crippen LogP contribution in [0.15, 0.2) is 51.1 Å². The minimum absolute atomic E-state index is 0.140. The number of nitrogens with two attached hydrogens (primary N) is 1. The van der Waals surface area contributed by atoms with E-state index in [1.165, 1.54) is 16.4 Å². The Morgan fingerprint density at radius 2 is 2.10 bits per heavy atom. The van der Waals surface area contributed by atoms with Gasteiger partial charge in [0.15, 0.2) is 0 Å². The second kappa shape index (κ2) is 10.3. The molecule has 0 saturated heterocycles. The van der Waals surface area contributed by atoms with E-state index in [9.17, 15) is 4.79 Å². The first kappa shape index (κ1) is 22.6. The summed E-state index contributed by atoms with van der Waals surface area (Å²) in [6, 6.07) is 11.4. The number of nitrogens with zero attached hydrogens (tertiary/aromatic N) is 4. The molecule has 3 rings (SSSR count). The number of aromatic nitrogens is 3. The van der Waals surface area contributed by atoms with Crippen molar-refractivity contribution in [2.24, 2.45) is 5.10 Å². The number of ether oxygens (including phenoxy) is 1. The Hall–Kier alpha value is -3.05. The first-order valence-corrected chi connectivity index (χ1v) is 11.0. The standard InChI is InChI=1S/C20H22BrN7O2S/c1-12-4-6-16(13(2)8-12)24-18(29)11-31-20-27-26-19(28(20)22)25-23-10-14-9-15(21)5-7-17(14)30-3/h4-10H,11,22H2,1-3H3,(H,24,29)(H,25,26)/b23-10+. The van der Waals surface area contributed by atoms with E-state index in [1.54, 1.807) is 13.3 Å². The zero-order chi connectivity index (χ0) is 22.4. The van der Waals surface area contributed by atoms with Gasteiger partial charge < -0.3 is 15.9 Å². The summed E-state index contributed by atoms with van der Waals surface area (Å²) in [5, 5.41) is 15.4. The van der Waals surface area contributed by atoms with Crippen LogP contribution in [-0.2, 0) is 4.79 Å². The minimum atomic E-state index is -0.158. The molecule has 3 aromatic rings. The van der Waals surface area contributed by atoms with Gasteiger partial charge in [0.05, 0.1) is 19.1 Å². The maximum absolute atomic E-state index is 12.3. The number of methoxy groups -OCH3 is 1. The highest BCUT2D eigenvalue weighted by atomic mass is 79.9. The Morgan fingerprint density at radius 1 is 1.29 bits per heavy atom. The Morgan fingerprint density at radius 3 is 2.84 bits per heavy atom. The van der Waals surface area contributed by atoms with Gasteiger partial charge in [-0.15, -0.1) is 10.2 Å². The van der Waals surface area contributed by atoms with Gasteiger partial charge in [0.25, 0.3) is 5.95 Å². The second-order valence-electron chi connectivity index (χ2n) is 6.59. The van der Waals surface area contributed by atoms with Crippen molar-refractivity contribution in [1.82, 2.24) is 14.9 Å². The van der Waals surface area contributed by atoms with Crippen LogP contribution in [-0.4, -0.2) is 39.9 Å². The maximum Gasteiger partial charge on any atom is 0.264 e. The van der Waals surface area contributed by atoms with E-state index >= 15 is 0 Å². The van der Waals surface area contributed by atoms with E-state index in [2.05, 4.69) is 42.0 Å². The van der Waals surface area contributed by atoms with E-state index in [1.807, 2.05) is 50.2 Å². The fraction of sp³-hybridized carbons (Fsp3) is 0.200. The quantitative estimate of drug-likeness (QED) is 0.186. The fourth-order valence-corrected chi connectivity index (χ4v) is 3.72. The largest absolute Gasteiger partial charge is 0.496 e. The lowest BCUT2D eigenvalue weighted by molar-refractivity contribution is -0.113. The SMILES string of the molecule is COc1ccc(Br)cc1/C=N/Nc1nnc(SCC(=O)Nc2ccc(C)cc2C)n1N. The van der Waals surface area contributed by atoms with E-state index in [-0.39, 0.29) is 17.6 Å². The summed E-state index contributed by atoms with van der Waals surface area (Å²) in [5.74, 6) is 6.91. The number of rotatable bonds is 8. The van der Waals surface area contributed by atoms with Gasteiger partial charge in [0.2, 0.25) is 11.1 Å². The molecule has 0 bridgehead atoms. The summed E-state index contributed by atoms with van der Waals surface area (Å²) < 4.78 is 7.44. The van der Waals surface area contributed by atoms with Crippen molar-refractivity contribution in [2.75, 3.05) is 29.4 Å². The summed E-state index contributed by atoms with van der Waals surface area (Å²) in [6.45, 7) is 3.96. The van der Waals surface area contributed by atoms with Gasteiger partial charge in [0, 0.05) is 15.7 Å². The van der Waals surface area contributed by atoms with Crippen LogP contribution in [0.1, 0.15) is 16.7 Å². The smallest absolute Gasteiger partial charge is 0.264 e. The van der Waals surface area contributed by atoms with Crippen molar-refractivity contribution in [3.8, 4) is 5.75 Å². The van der Waals surface area contributed by atoms with Crippen LogP contribution in [0.2, 0.25) is 0 Å². The Labute approximate surface area is 192 Å². The normalized spacial score (nSPS) is 11.0. The number of hydrogen-bond donors (Lipinski definition) is 3. The molecular formula is C20H22BrN7O2S. The van der Waals surface area contributed by atoms with Crippen molar-refractivity contribution in [3.05, 3.63) is 57.6 Å². The van der Waals surface area contributed by atoms with Crippen LogP contribution in [0.5, 0.6) is 5.75 Å². The van der Waals surface area contributed by atoms with Gasteiger partial charge >= 0.3 is 0 Å². The molecule has 0 aliphatic rings. The molecule has 9 nitrogen and oxygen atoms in total. The number of nitrogens with one attached hydrogen (secondary N) is 2. The number of aryl methyl sites for hydroxylation is 2. The number of carbonyl (C=O) groups excluding carboxylic acids is 1. The van der Waals surface area contributed by atoms with Gasteiger partial charge in [-0.25, -0.2) is 10.1 Å². The van der Waals surface area contributed by atoms with Crippen molar-refractivity contribution in [2.45, 2.75) is 19.0 Å². The zero-order valence-corrected chi connectivity index (χ0v) is 19.6. The van der Waals surface area contributed by atoms with Gasteiger partial charge in [-0.05, 0) is 43.7 Å². The Balaban J connectivity index is 1.57. The minimum Gasteiger partial charge on any atom is -0.496 e. The molecule has 0 atom stereocenters. The highest BCUT2D eigenvalue weighted by molar-refractivity contribution is 9.10. The van der Waals surface area contributed by atoms with Crippen molar-refractivity contribution >= 4 is 51.4 Å². The highest BCUT2D eigenvalue weighted by Gasteiger charge is 2.13. The van der Waals surface area contributed by atoms with Crippen LogP contribution in [0.25, 0.3) is 0 Å². The number of anilines is 2. The fourth-order valence-electron chi connectivity index (χ4n) is 2.69. The first-order valence-electron chi connectivity index (χ1n) is 9.20. The molecule has 4 N–H and O–H groups in total. The summed E-state index contributed by atoms with van der Waals surface area (Å²) >= 11 is 4.59. The van der Waals surface area contributed by atoms with Crippen LogP contribution in [0.3, 0.4) is 0 Å². The average Bonchev–Trinajstić information content (AvgIpc) is 3.08. The lowest BCUT2D eigenvalue weighted by atomic mass is 10.1. The van der Waals surface area contributed by atoms with Gasteiger partial charge in [0.1, 0.15) is 5.75 Å². The number of thioether (sulfide) groups is 1. The molecule has 1 heterocycles. The molecule has 31 heavy (non-hydrogen) atoms. The van der Waals surface area contributed by atoms with Crippen molar-refractivity contribution in [3.63, 3.8) is 0 Å². The lowest BCUT2D eigenvalue weighted by Crippen LogP contribution is -2.17. The molecule has 0 aliphatic carbocycles. The molecule has 2 aromatic carbocycles. The summed E-state index contributed by atoms with van der Waals surface area (Å²) in [7, 11) is 1.59. The van der Waals surface area contributed by atoms with Gasteiger partial charge in [-0.2, -0.15) is 5.10 Å². The Bertz CT molecular complexity index is 1120.